The fraction of sp³-hybridized carbons (Fsp3) is 0.0714. The molecule has 0 aromatic heterocycles. The highest BCUT2D eigenvalue weighted by Crippen LogP contribution is 2.08. The van der Waals surface area contributed by atoms with Gasteiger partial charge in [-0.3, -0.25) is 9.00 Å². The number of ketones is 1. The number of rotatable bonds is 4. The first-order valence-electron chi connectivity index (χ1n) is 5.29. The molecule has 0 saturated heterocycles. The normalized spacial score (nSPS) is 12.0. The molecule has 0 aliphatic heterocycles. The Hall–Kier alpha value is -1.74. The van der Waals surface area contributed by atoms with Gasteiger partial charge in [0.2, 0.25) is 0 Å². The number of carbonyl (C=O) groups excluding carboxylic acids is 1. The molecule has 0 N–H and O–H groups in total. The van der Waals surface area contributed by atoms with Crippen molar-refractivity contribution in [2.75, 3.05) is 5.75 Å². The van der Waals surface area contributed by atoms with Crippen molar-refractivity contribution in [3.63, 3.8) is 0 Å². The fourth-order valence-corrected chi connectivity index (χ4v) is 2.51. The molecule has 2 aromatic rings. The van der Waals surface area contributed by atoms with E-state index in [0.717, 1.165) is 0 Å². The SMILES string of the molecule is O=C(C[S@](=O)c1ccccc1)c1ccccc1. The molecule has 17 heavy (non-hydrogen) atoms. The molecule has 0 spiro atoms. The maximum absolute atomic E-state index is 11.9. The van der Waals surface area contributed by atoms with Gasteiger partial charge in [-0.05, 0) is 12.1 Å². The van der Waals surface area contributed by atoms with Crippen molar-refractivity contribution in [1.29, 1.82) is 0 Å². The van der Waals surface area contributed by atoms with Gasteiger partial charge in [0.15, 0.2) is 5.78 Å². The van der Waals surface area contributed by atoms with Gasteiger partial charge in [-0.1, -0.05) is 48.5 Å². The van der Waals surface area contributed by atoms with Crippen LogP contribution in [0.25, 0.3) is 0 Å². The van der Waals surface area contributed by atoms with Crippen molar-refractivity contribution in [2.24, 2.45) is 0 Å². The van der Waals surface area contributed by atoms with Gasteiger partial charge in [0.1, 0.15) is 0 Å². The summed E-state index contributed by atoms with van der Waals surface area (Å²) in [6, 6.07) is 18.0. The van der Waals surface area contributed by atoms with Crippen molar-refractivity contribution in [2.45, 2.75) is 4.90 Å². The molecule has 0 bridgehead atoms. The van der Waals surface area contributed by atoms with Crippen LogP contribution in [0.3, 0.4) is 0 Å². The van der Waals surface area contributed by atoms with Crippen LogP contribution in [0, 0.1) is 0 Å². The summed E-state index contributed by atoms with van der Waals surface area (Å²) in [5, 5.41) is 0. The van der Waals surface area contributed by atoms with E-state index in [1.165, 1.54) is 0 Å². The Morgan fingerprint density at radius 3 is 2.00 bits per heavy atom. The lowest BCUT2D eigenvalue weighted by atomic mass is 10.2. The van der Waals surface area contributed by atoms with Crippen molar-refractivity contribution < 1.29 is 9.00 Å². The lowest BCUT2D eigenvalue weighted by molar-refractivity contribution is 0.102. The molecule has 3 heteroatoms. The molecule has 0 heterocycles. The van der Waals surface area contributed by atoms with Gasteiger partial charge in [-0.2, -0.15) is 0 Å². The standard InChI is InChI=1S/C14H12O2S/c15-14(12-7-3-1-4-8-12)11-17(16)13-9-5-2-6-10-13/h1-10H,11H2/t17-/m0/s1. The highest BCUT2D eigenvalue weighted by atomic mass is 32.2. The third-order valence-electron chi connectivity index (χ3n) is 2.36. The maximum Gasteiger partial charge on any atom is 0.175 e. The third-order valence-corrected chi connectivity index (χ3v) is 3.69. The molecule has 0 aliphatic rings. The van der Waals surface area contributed by atoms with E-state index < -0.39 is 10.8 Å². The first-order valence-corrected chi connectivity index (χ1v) is 6.61. The Bertz CT molecular complexity index is 471. The molecule has 0 fully saturated rings. The first kappa shape index (κ1) is 11.7. The number of hydrogen-bond donors (Lipinski definition) is 0. The number of Topliss-reactive ketones (excluding diaryl/α,β-unsaturated/α-hetero) is 1. The highest BCUT2D eigenvalue weighted by Gasteiger charge is 2.11. The largest absolute Gasteiger partial charge is 0.293 e. The molecule has 1 atom stereocenters. The average molecular weight is 244 g/mol. The van der Waals surface area contributed by atoms with E-state index in [4.69, 9.17) is 0 Å². The van der Waals surface area contributed by atoms with Crippen molar-refractivity contribution in [3.05, 3.63) is 66.2 Å². The molecule has 0 unspecified atom stereocenters. The molecular weight excluding hydrogens is 232 g/mol. The smallest absolute Gasteiger partial charge is 0.175 e. The summed E-state index contributed by atoms with van der Waals surface area (Å²) in [4.78, 5) is 12.5. The average Bonchev–Trinajstić information content (AvgIpc) is 2.40. The van der Waals surface area contributed by atoms with Gasteiger partial charge in [0.25, 0.3) is 0 Å². The van der Waals surface area contributed by atoms with Crippen molar-refractivity contribution >= 4 is 16.6 Å². The van der Waals surface area contributed by atoms with Crippen LogP contribution in [0.15, 0.2) is 65.6 Å². The summed E-state index contributed by atoms with van der Waals surface area (Å²) in [5.41, 5.74) is 0.608. The zero-order chi connectivity index (χ0) is 12.1. The van der Waals surface area contributed by atoms with E-state index >= 15 is 0 Å². The van der Waals surface area contributed by atoms with Crippen molar-refractivity contribution in [1.82, 2.24) is 0 Å². The Balaban J connectivity index is 2.08. The lowest BCUT2D eigenvalue weighted by Gasteiger charge is -2.01. The fourth-order valence-electron chi connectivity index (χ4n) is 1.48. The van der Waals surface area contributed by atoms with Crippen LogP contribution in [0.2, 0.25) is 0 Å². The summed E-state index contributed by atoms with van der Waals surface area (Å²) in [7, 11) is -1.26. The zero-order valence-electron chi connectivity index (χ0n) is 9.21. The zero-order valence-corrected chi connectivity index (χ0v) is 10.0. The van der Waals surface area contributed by atoms with Crippen LogP contribution in [0.1, 0.15) is 10.4 Å². The predicted octanol–water partition coefficient (Wildman–Crippen LogP) is 2.68. The van der Waals surface area contributed by atoms with Gasteiger partial charge in [-0.15, -0.1) is 0 Å². The topological polar surface area (TPSA) is 34.1 Å². The van der Waals surface area contributed by atoms with Gasteiger partial charge in [0, 0.05) is 10.5 Å². The molecule has 0 saturated carbocycles. The number of benzene rings is 2. The predicted molar refractivity (Wildman–Crippen MR) is 68.5 cm³/mol. The van der Waals surface area contributed by atoms with Crippen LogP contribution in [-0.2, 0) is 10.8 Å². The molecule has 2 aromatic carbocycles. The summed E-state index contributed by atoms with van der Waals surface area (Å²) < 4.78 is 11.9. The number of carbonyl (C=O) groups is 1. The molecule has 2 nitrogen and oxygen atoms in total. The second kappa shape index (κ2) is 5.55. The maximum atomic E-state index is 11.9. The van der Waals surface area contributed by atoms with E-state index in [1.807, 2.05) is 24.3 Å². The number of hydrogen-bond acceptors (Lipinski definition) is 2. The third kappa shape index (κ3) is 3.11. The van der Waals surface area contributed by atoms with Gasteiger partial charge in [-0.25, -0.2) is 0 Å². The Kier molecular flexibility index (Phi) is 3.83. The molecule has 86 valence electrons. The van der Waals surface area contributed by atoms with E-state index in [9.17, 15) is 9.00 Å². The van der Waals surface area contributed by atoms with E-state index in [1.54, 1.807) is 36.4 Å². The van der Waals surface area contributed by atoms with Gasteiger partial charge < -0.3 is 0 Å². The Morgan fingerprint density at radius 2 is 1.41 bits per heavy atom. The summed E-state index contributed by atoms with van der Waals surface area (Å²) >= 11 is 0. The Labute approximate surface area is 103 Å². The lowest BCUT2D eigenvalue weighted by Crippen LogP contribution is -2.10. The van der Waals surface area contributed by atoms with E-state index in [0.29, 0.717) is 10.5 Å². The van der Waals surface area contributed by atoms with Crippen molar-refractivity contribution in [3.8, 4) is 0 Å². The minimum atomic E-state index is -1.26. The van der Waals surface area contributed by atoms with Crippen LogP contribution >= 0.6 is 0 Å². The van der Waals surface area contributed by atoms with Crippen LogP contribution in [-0.4, -0.2) is 15.7 Å². The molecule has 0 amide bonds. The van der Waals surface area contributed by atoms with Crippen LogP contribution in [0.4, 0.5) is 0 Å². The second-order valence-corrected chi connectivity index (χ2v) is 5.04. The highest BCUT2D eigenvalue weighted by molar-refractivity contribution is 7.85. The quantitative estimate of drug-likeness (QED) is 0.775. The monoisotopic (exact) mass is 244 g/mol. The van der Waals surface area contributed by atoms with Gasteiger partial charge >= 0.3 is 0 Å². The van der Waals surface area contributed by atoms with Crippen LogP contribution in [0.5, 0.6) is 0 Å². The van der Waals surface area contributed by atoms with Crippen LogP contribution < -0.4 is 0 Å². The first-order chi connectivity index (χ1) is 8.27. The summed E-state index contributed by atoms with van der Waals surface area (Å²) in [6.45, 7) is 0. The minimum Gasteiger partial charge on any atom is -0.293 e. The van der Waals surface area contributed by atoms with E-state index in [2.05, 4.69) is 0 Å². The van der Waals surface area contributed by atoms with E-state index in [-0.39, 0.29) is 11.5 Å². The molecule has 0 radical (unpaired) electrons. The summed E-state index contributed by atoms with van der Waals surface area (Å²) in [5.74, 6) is -0.0543. The molecule has 0 aliphatic carbocycles. The summed E-state index contributed by atoms with van der Waals surface area (Å²) in [6.07, 6.45) is 0. The second-order valence-electron chi connectivity index (χ2n) is 3.59. The minimum absolute atomic E-state index is 0.0357. The molecular formula is C14H12O2S. The Morgan fingerprint density at radius 1 is 0.882 bits per heavy atom. The molecule has 2 rings (SSSR count). The van der Waals surface area contributed by atoms with Gasteiger partial charge in [0.05, 0.1) is 16.6 Å².